The van der Waals surface area contributed by atoms with Crippen LogP contribution in [-0.2, 0) is 6.54 Å². The van der Waals surface area contributed by atoms with Crippen LogP contribution in [0.15, 0.2) is 40.9 Å². The molecule has 24 heavy (non-hydrogen) atoms. The third kappa shape index (κ3) is 4.92. The van der Waals surface area contributed by atoms with Crippen LogP contribution < -0.4 is 14.8 Å². The molecule has 3 nitrogen and oxygen atoms in total. The standard InChI is InChI=1S/C18H20BrF2NO2/c1-11-4-6-14(7-5-11)12(2)22-10-13-8-15(19)17(24-18(20)21)16(9-13)23-3/h4-9,12,18,22H,10H2,1-3H3. The van der Waals surface area contributed by atoms with Crippen LogP contribution in [0.5, 0.6) is 11.5 Å². The molecule has 1 atom stereocenters. The van der Waals surface area contributed by atoms with Crippen molar-refractivity contribution in [3.63, 3.8) is 0 Å². The lowest BCUT2D eigenvalue weighted by Crippen LogP contribution is -2.18. The summed E-state index contributed by atoms with van der Waals surface area (Å²) in [6.45, 7) is 1.79. The van der Waals surface area contributed by atoms with Gasteiger partial charge in [-0.25, -0.2) is 0 Å². The van der Waals surface area contributed by atoms with Gasteiger partial charge in [0.15, 0.2) is 11.5 Å². The fraction of sp³-hybridized carbons (Fsp3) is 0.333. The van der Waals surface area contributed by atoms with E-state index in [4.69, 9.17) is 4.74 Å². The topological polar surface area (TPSA) is 30.5 Å². The summed E-state index contributed by atoms with van der Waals surface area (Å²) in [4.78, 5) is 0. The maximum Gasteiger partial charge on any atom is 0.387 e. The molecule has 2 aromatic carbocycles. The third-order valence-corrected chi connectivity index (χ3v) is 4.27. The van der Waals surface area contributed by atoms with E-state index in [0.717, 1.165) is 5.56 Å². The van der Waals surface area contributed by atoms with E-state index in [1.54, 1.807) is 12.1 Å². The first-order chi connectivity index (χ1) is 11.4. The Bertz CT molecular complexity index is 677. The van der Waals surface area contributed by atoms with Crippen molar-refractivity contribution in [2.45, 2.75) is 33.0 Å². The molecule has 0 aromatic heterocycles. The largest absolute Gasteiger partial charge is 0.493 e. The first kappa shape index (κ1) is 18.7. The Balaban J connectivity index is 2.09. The van der Waals surface area contributed by atoms with E-state index < -0.39 is 6.61 Å². The van der Waals surface area contributed by atoms with Gasteiger partial charge in [0.1, 0.15) is 0 Å². The molecule has 0 saturated carbocycles. The van der Waals surface area contributed by atoms with Crippen LogP contribution >= 0.6 is 15.9 Å². The lowest BCUT2D eigenvalue weighted by atomic mass is 10.1. The first-order valence-electron chi connectivity index (χ1n) is 7.52. The maximum absolute atomic E-state index is 12.5. The molecular weight excluding hydrogens is 380 g/mol. The Morgan fingerprint density at radius 1 is 1.17 bits per heavy atom. The van der Waals surface area contributed by atoms with Gasteiger partial charge in [0, 0.05) is 12.6 Å². The zero-order chi connectivity index (χ0) is 17.7. The minimum atomic E-state index is -2.90. The second-order valence-corrected chi connectivity index (χ2v) is 6.36. The quantitative estimate of drug-likeness (QED) is 0.692. The molecule has 0 aliphatic heterocycles. The summed E-state index contributed by atoms with van der Waals surface area (Å²) < 4.78 is 35.0. The number of benzene rings is 2. The second kappa shape index (κ2) is 8.44. The molecular formula is C18H20BrF2NO2. The van der Waals surface area contributed by atoms with Gasteiger partial charge in [-0.1, -0.05) is 29.8 Å². The predicted octanol–water partition coefficient (Wildman–Crippen LogP) is 5.22. The zero-order valence-electron chi connectivity index (χ0n) is 13.8. The fourth-order valence-electron chi connectivity index (χ4n) is 2.32. The van der Waals surface area contributed by atoms with Gasteiger partial charge in [-0.15, -0.1) is 0 Å². The number of hydrogen-bond acceptors (Lipinski definition) is 3. The molecule has 2 aromatic rings. The highest BCUT2D eigenvalue weighted by Crippen LogP contribution is 2.37. The molecule has 0 heterocycles. The van der Waals surface area contributed by atoms with Gasteiger partial charge in [-0.2, -0.15) is 8.78 Å². The Hall–Kier alpha value is -1.66. The highest BCUT2D eigenvalue weighted by atomic mass is 79.9. The summed E-state index contributed by atoms with van der Waals surface area (Å²) in [5, 5.41) is 3.41. The van der Waals surface area contributed by atoms with Crippen LogP contribution in [0.25, 0.3) is 0 Å². The zero-order valence-corrected chi connectivity index (χ0v) is 15.4. The number of aryl methyl sites for hydroxylation is 1. The first-order valence-corrected chi connectivity index (χ1v) is 8.31. The van der Waals surface area contributed by atoms with Crippen LogP contribution in [0.3, 0.4) is 0 Å². The summed E-state index contributed by atoms with van der Waals surface area (Å²) >= 11 is 3.26. The summed E-state index contributed by atoms with van der Waals surface area (Å²) in [6.07, 6.45) is 0. The van der Waals surface area contributed by atoms with Gasteiger partial charge >= 0.3 is 6.61 Å². The van der Waals surface area contributed by atoms with Gasteiger partial charge in [0.2, 0.25) is 0 Å². The number of nitrogens with one attached hydrogen (secondary N) is 1. The van der Waals surface area contributed by atoms with E-state index in [0.29, 0.717) is 11.0 Å². The van der Waals surface area contributed by atoms with Gasteiger partial charge in [0.05, 0.1) is 11.6 Å². The van der Waals surface area contributed by atoms with E-state index in [2.05, 4.69) is 64.1 Å². The van der Waals surface area contributed by atoms with Crippen molar-refractivity contribution in [3.05, 3.63) is 57.6 Å². The minimum absolute atomic E-state index is 0.00262. The second-order valence-electron chi connectivity index (χ2n) is 5.50. The molecule has 0 aliphatic carbocycles. The predicted molar refractivity (Wildman–Crippen MR) is 93.8 cm³/mol. The lowest BCUT2D eigenvalue weighted by Gasteiger charge is -2.17. The van der Waals surface area contributed by atoms with E-state index in [9.17, 15) is 8.78 Å². The van der Waals surface area contributed by atoms with E-state index in [1.165, 1.54) is 18.2 Å². The number of alkyl halides is 2. The van der Waals surface area contributed by atoms with E-state index in [-0.39, 0.29) is 17.5 Å². The highest BCUT2D eigenvalue weighted by Gasteiger charge is 2.16. The minimum Gasteiger partial charge on any atom is -0.493 e. The number of halogens is 3. The number of rotatable bonds is 7. The average Bonchev–Trinajstić information content (AvgIpc) is 2.55. The maximum atomic E-state index is 12.5. The Morgan fingerprint density at radius 2 is 1.83 bits per heavy atom. The monoisotopic (exact) mass is 399 g/mol. The van der Waals surface area contributed by atoms with Gasteiger partial charge in [-0.05, 0) is 53.0 Å². The van der Waals surface area contributed by atoms with Crippen molar-refractivity contribution < 1.29 is 18.3 Å². The van der Waals surface area contributed by atoms with Crippen molar-refractivity contribution >= 4 is 15.9 Å². The average molecular weight is 400 g/mol. The molecule has 0 bridgehead atoms. The molecule has 6 heteroatoms. The van der Waals surface area contributed by atoms with Gasteiger partial charge in [0.25, 0.3) is 0 Å². The molecule has 0 fully saturated rings. The fourth-order valence-corrected chi connectivity index (χ4v) is 2.91. The smallest absolute Gasteiger partial charge is 0.387 e. The highest BCUT2D eigenvalue weighted by molar-refractivity contribution is 9.10. The molecule has 130 valence electrons. The summed E-state index contributed by atoms with van der Waals surface area (Å²) in [6, 6.07) is 11.9. The molecule has 0 spiro atoms. The van der Waals surface area contributed by atoms with Crippen molar-refractivity contribution in [2.75, 3.05) is 7.11 Å². The van der Waals surface area contributed by atoms with E-state index in [1.807, 2.05) is 0 Å². The number of hydrogen-bond donors (Lipinski definition) is 1. The van der Waals surface area contributed by atoms with Crippen molar-refractivity contribution in [1.29, 1.82) is 0 Å². The normalized spacial score (nSPS) is 12.3. The van der Waals surface area contributed by atoms with Gasteiger partial charge < -0.3 is 14.8 Å². The van der Waals surface area contributed by atoms with Gasteiger partial charge in [-0.3, -0.25) is 0 Å². The molecule has 0 radical (unpaired) electrons. The molecule has 0 saturated heterocycles. The molecule has 1 unspecified atom stereocenters. The van der Waals surface area contributed by atoms with Crippen LogP contribution in [0, 0.1) is 6.92 Å². The number of ether oxygens (including phenoxy) is 2. The van der Waals surface area contributed by atoms with Crippen LogP contribution in [0.4, 0.5) is 8.78 Å². The Kier molecular flexibility index (Phi) is 6.57. The lowest BCUT2D eigenvalue weighted by molar-refractivity contribution is -0.0517. The summed E-state index contributed by atoms with van der Waals surface area (Å²) in [5.41, 5.74) is 3.30. The van der Waals surface area contributed by atoms with Crippen LogP contribution in [0.2, 0.25) is 0 Å². The molecule has 0 amide bonds. The van der Waals surface area contributed by atoms with E-state index >= 15 is 0 Å². The molecule has 2 rings (SSSR count). The SMILES string of the molecule is COc1cc(CNC(C)c2ccc(C)cc2)cc(Br)c1OC(F)F. The van der Waals surface area contributed by atoms with Crippen LogP contribution in [-0.4, -0.2) is 13.7 Å². The van der Waals surface area contributed by atoms with Crippen molar-refractivity contribution in [1.82, 2.24) is 5.32 Å². The summed E-state index contributed by atoms with van der Waals surface area (Å²) in [5.74, 6) is 0.271. The number of methoxy groups -OCH3 is 1. The summed E-state index contributed by atoms with van der Waals surface area (Å²) in [7, 11) is 1.42. The Morgan fingerprint density at radius 3 is 2.42 bits per heavy atom. The molecule has 0 aliphatic rings. The van der Waals surface area contributed by atoms with Crippen LogP contribution in [0.1, 0.15) is 29.7 Å². The van der Waals surface area contributed by atoms with Crippen molar-refractivity contribution in [3.8, 4) is 11.5 Å². The van der Waals surface area contributed by atoms with Crippen molar-refractivity contribution in [2.24, 2.45) is 0 Å². The Labute approximate surface area is 149 Å². The molecule has 1 N–H and O–H groups in total. The third-order valence-electron chi connectivity index (χ3n) is 3.69.